The van der Waals surface area contributed by atoms with Crippen molar-refractivity contribution in [3.63, 3.8) is 0 Å². The van der Waals surface area contributed by atoms with Gasteiger partial charge in [-0.2, -0.15) is 0 Å². The lowest BCUT2D eigenvalue weighted by atomic mass is 10.1. The summed E-state index contributed by atoms with van der Waals surface area (Å²) >= 11 is 0. The summed E-state index contributed by atoms with van der Waals surface area (Å²) in [5.74, 6) is 1.28. The Hall–Kier alpha value is -3.64. The van der Waals surface area contributed by atoms with Gasteiger partial charge in [0, 0.05) is 24.8 Å². The summed E-state index contributed by atoms with van der Waals surface area (Å²) in [4.78, 5) is 8.69. The van der Waals surface area contributed by atoms with Crippen LogP contribution in [0.15, 0.2) is 79.3 Å². The fourth-order valence-electron chi connectivity index (χ4n) is 3.39. The third kappa shape index (κ3) is 4.34. The first-order chi connectivity index (χ1) is 14.8. The van der Waals surface area contributed by atoms with E-state index in [1.807, 2.05) is 43.4 Å². The molecule has 6 heteroatoms. The Morgan fingerprint density at radius 2 is 1.93 bits per heavy atom. The number of nitrogens with one attached hydrogen (secondary N) is 1. The molecule has 6 nitrogen and oxygen atoms in total. The van der Waals surface area contributed by atoms with E-state index >= 15 is 0 Å². The van der Waals surface area contributed by atoms with Gasteiger partial charge in [0.05, 0.1) is 5.39 Å². The van der Waals surface area contributed by atoms with Gasteiger partial charge in [0.2, 0.25) is 0 Å². The highest BCUT2D eigenvalue weighted by Crippen LogP contribution is 2.34. The number of hydrogen-bond acceptors (Lipinski definition) is 5. The summed E-state index contributed by atoms with van der Waals surface area (Å²) in [6.07, 6.45) is 7.79. The fourth-order valence-corrected chi connectivity index (χ4v) is 3.39. The molecule has 30 heavy (non-hydrogen) atoms. The maximum atomic E-state index is 6.23. The second-order valence-corrected chi connectivity index (χ2v) is 6.98. The monoisotopic (exact) mass is 399 g/mol. The molecule has 0 aliphatic heterocycles. The van der Waals surface area contributed by atoms with E-state index in [4.69, 9.17) is 10.5 Å². The second-order valence-electron chi connectivity index (χ2n) is 6.98. The van der Waals surface area contributed by atoms with Crippen LogP contribution in [0.25, 0.3) is 22.2 Å². The maximum Gasteiger partial charge on any atom is 0.146 e. The highest BCUT2D eigenvalue weighted by molar-refractivity contribution is 6.00. The van der Waals surface area contributed by atoms with Crippen molar-refractivity contribution in [2.75, 3.05) is 19.3 Å². The largest absolute Gasteiger partial charge is 0.489 e. The lowest BCUT2D eigenvalue weighted by molar-refractivity contribution is 0.306. The Kier molecular flexibility index (Phi) is 6.06. The molecule has 0 saturated heterocycles. The number of anilines is 1. The van der Waals surface area contributed by atoms with Gasteiger partial charge < -0.3 is 20.4 Å². The number of ether oxygens (including phenoxy) is 1. The number of rotatable bonds is 8. The van der Waals surface area contributed by atoms with E-state index in [-0.39, 0.29) is 0 Å². The van der Waals surface area contributed by atoms with Crippen LogP contribution in [0.3, 0.4) is 0 Å². The molecule has 0 amide bonds. The van der Waals surface area contributed by atoms with Crippen LogP contribution in [0.4, 0.5) is 5.82 Å². The van der Waals surface area contributed by atoms with Crippen molar-refractivity contribution >= 4 is 16.9 Å². The summed E-state index contributed by atoms with van der Waals surface area (Å²) in [6.45, 7) is 2.05. The van der Waals surface area contributed by atoms with Crippen LogP contribution < -0.4 is 15.8 Å². The van der Waals surface area contributed by atoms with E-state index in [1.165, 1.54) is 6.33 Å². The van der Waals surface area contributed by atoms with Gasteiger partial charge in [0.1, 0.15) is 30.1 Å². The molecule has 0 aliphatic rings. The predicted molar refractivity (Wildman–Crippen MR) is 121 cm³/mol. The number of aromatic nitrogens is 3. The van der Waals surface area contributed by atoms with Crippen LogP contribution in [0.5, 0.6) is 5.75 Å². The highest BCUT2D eigenvalue weighted by atomic mass is 16.5. The minimum Gasteiger partial charge on any atom is -0.489 e. The Balaban J connectivity index is 1.65. The molecule has 2 heterocycles. The predicted octanol–water partition coefficient (Wildman–Crippen LogP) is 4.04. The number of hydrogen-bond donors (Lipinski definition) is 2. The zero-order valence-electron chi connectivity index (χ0n) is 17.0. The molecule has 2 aromatic heterocycles. The van der Waals surface area contributed by atoms with Crippen molar-refractivity contribution in [1.82, 2.24) is 19.9 Å². The van der Waals surface area contributed by atoms with Gasteiger partial charge in [-0.05, 0) is 30.3 Å². The third-order valence-electron chi connectivity index (χ3n) is 4.87. The SMILES string of the molecule is CNCC=CCn1cc(-c2cccc(OCc3ccccc3)c2)c2c(N)ncnc21. The molecule has 0 atom stereocenters. The molecular weight excluding hydrogens is 374 g/mol. The second kappa shape index (κ2) is 9.24. The van der Waals surface area contributed by atoms with Gasteiger partial charge in [0.25, 0.3) is 0 Å². The number of nitrogens with zero attached hydrogens (tertiary/aromatic N) is 3. The Morgan fingerprint density at radius 1 is 1.07 bits per heavy atom. The molecule has 152 valence electrons. The first-order valence-corrected chi connectivity index (χ1v) is 9.92. The summed E-state index contributed by atoms with van der Waals surface area (Å²) in [5.41, 5.74) is 10.2. The Labute approximate surface area is 176 Å². The smallest absolute Gasteiger partial charge is 0.146 e. The first-order valence-electron chi connectivity index (χ1n) is 9.92. The maximum absolute atomic E-state index is 6.23. The minimum absolute atomic E-state index is 0.476. The molecule has 4 rings (SSSR count). The van der Waals surface area contributed by atoms with Crippen LogP contribution in [0.2, 0.25) is 0 Å². The van der Waals surface area contributed by atoms with E-state index < -0.39 is 0 Å². The molecular formula is C24H25N5O. The van der Waals surface area contributed by atoms with Crippen molar-refractivity contribution in [2.24, 2.45) is 0 Å². The van der Waals surface area contributed by atoms with Gasteiger partial charge in [0.15, 0.2) is 0 Å². The topological polar surface area (TPSA) is 78.0 Å². The average Bonchev–Trinajstić information content (AvgIpc) is 3.16. The molecule has 0 saturated carbocycles. The summed E-state index contributed by atoms with van der Waals surface area (Å²) < 4.78 is 8.10. The number of nitrogens with two attached hydrogens (primary N) is 1. The van der Waals surface area contributed by atoms with Crippen molar-refractivity contribution in [3.05, 3.63) is 84.8 Å². The third-order valence-corrected chi connectivity index (χ3v) is 4.87. The molecule has 0 bridgehead atoms. The Morgan fingerprint density at radius 3 is 2.77 bits per heavy atom. The normalized spacial score (nSPS) is 11.4. The number of likely N-dealkylation sites (N-methyl/N-ethyl adjacent to an activating group) is 1. The molecule has 4 aromatic rings. The molecule has 0 radical (unpaired) electrons. The van der Waals surface area contributed by atoms with Gasteiger partial charge in [-0.1, -0.05) is 54.6 Å². The number of allylic oxidation sites excluding steroid dienone is 1. The molecule has 0 aliphatic carbocycles. The number of benzene rings is 2. The van der Waals surface area contributed by atoms with E-state index in [0.29, 0.717) is 19.0 Å². The highest BCUT2D eigenvalue weighted by Gasteiger charge is 2.15. The van der Waals surface area contributed by atoms with Crippen molar-refractivity contribution in [2.45, 2.75) is 13.2 Å². The van der Waals surface area contributed by atoms with Crippen LogP contribution in [0.1, 0.15) is 5.56 Å². The molecule has 0 unspecified atom stereocenters. The average molecular weight is 399 g/mol. The van der Waals surface area contributed by atoms with Gasteiger partial charge in [-0.25, -0.2) is 9.97 Å². The number of fused-ring (bicyclic) bond motifs is 1. The van der Waals surface area contributed by atoms with Crippen molar-refractivity contribution < 1.29 is 4.74 Å². The van der Waals surface area contributed by atoms with Gasteiger partial charge >= 0.3 is 0 Å². The zero-order chi connectivity index (χ0) is 20.8. The Bertz CT molecular complexity index is 1150. The van der Waals surface area contributed by atoms with E-state index in [0.717, 1.165) is 40.0 Å². The van der Waals surface area contributed by atoms with Crippen molar-refractivity contribution in [1.29, 1.82) is 0 Å². The quantitative estimate of drug-likeness (QED) is 0.437. The van der Waals surface area contributed by atoms with E-state index in [1.54, 1.807) is 0 Å². The van der Waals surface area contributed by atoms with Gasteiger partial charge in [-0.15, -0.1) is 0 Å². The van der Waals surface area contributed by atoms with Crippen LogP contribution >= 0.6 is 0 Å². The standard InChI is InChI=1S/C24H25N5O/c1-26-12-5-6-13-29-15-21(22-23(25)27-17-28-24(22)29)19-10-7-11-20(14-19)30-16-18-8-3-2-4-9-18/h2-11,14-15,17,26H,12-13,16H2,1H3,(H2,25,27,28). The number of nitrogen functional groups attached to an aromatic ring is 1. The van der Waals surface area contributed by atoms with Crippen LogP contribution in [0, 0.1) is 0 Å². The summed E-state index contributed by atoms with van der Waals surface area (Å²) in [7, 11) is 1.92. The zero-order valence-corrected chi connectivity index (χ0v) is 17.0. The first kappa shape index (κ1) is 19.7. The molecule has 0 fully saturated rings. The van der Waals surface area contributed by atoms with Gasteiger partial charge in [-0.3, -0.25) is 0 Å². The van der Waals surface area contributed by atoms with E-state index in [2.05, 4.69) is 56.4 Å². The fraction of sp³-hybridized carbons (Fsp3) is 0.167. The molecule has 0 spiro atoms. The molecule has 2 aromatic carbocycles. The summed E-state index contributed by atoms with van der Waals surface area (Å²) in [6, 6.07) is 18.2. The van der Waals surface area contributed by atoms with E-state index in [9.17, 15) is 0 Å². The summed E-state index contributed by atoms with van der Waals surface area (Å²) in [5, 5.41) is 3.97. The lowest BCUT2D eigenvalue weighted by Crippen LogP contribution is -2.04. The minimum atomic E-state index is 0.476. The van der Waals surface area contributed by atoms with Crippen LogP contribution in [-0.2, 0) is 13.2 Å². The van der Waals surface area contributed by atoms with Crippen molar-refractivity contribution in [3.8, 4) is 16.9 Å². The lowest BCUT2D eigenvalue weighted by Gasteiger charge is -2.08. The van der Waals surface area contributed by atoms with Crippen LogP contribution in [-0.4, -0.2) is 28.1 Å². The molecule has 3 N–H and O–H groups in total.